The van der Waals surface area contributed by atoms with Crippen molar-refractivity contribution in [3.8, 4) is 23.8 Å². The van der Waals surface area contributed by atoms with Crippen LogP contribution in [0.4, 0.5) is 11.6 Å². The fourth-order valence-electron chi connectivity index (χ4n) is 2.71. The zero-order valence-electron chi connectivity index (χ0n) is 15.8. The van der Waals surface area contributed by atoms with Crippen molar-refractivity contribution >= 4 is 33.6 Å². The predicted octanol–water partition coefficient (Wildman–Crippen LogP) is 5.80. The lowest BCUT2D eigenvalue weighted by atomic mass is 10.1. The molecule has 0 bridgehead atoms. The SMILES string of the molecule is Cc1cc(/C=C/C#N)cc(C)c1Oc1nc(Nc2ccc(C#N)cc2)ncc1Br. The lowest BCUT2D eigenvalue weighted by Gasteiger charge is -2.14. The molecule has 3 rings (SSSR count). The standard InChI is InChI=1S/C22H16BrN5O/c1-14-10-17(4-3-9-24)11-15(2)20(14)29-21-19(23)13-26-22(28-21)27-18-7-5-16(12-25)6-8-18/h3-8,10-11,13H,1-2H3,(H,26,27,28)/b4-3+. The smallest absolute Gasteiger partial charge is 0.238 e. The monoisotopic (exact) mass is 445 g/mol. The Balaban J connectivity index is 1.86. The largest absolute Gasteiger partial charge is 0.437 e. The van der Waals surface area contributed by atoms with Crippen LogP contribution in [-0.4, -0.2) is 9.97 Å². The highest BCUT2D eigenvalue weighted by Gasteiger charge is 2.12. The van der Waals surface area contributed by atoms with Crippen molar-refractivity contribution in [2.24, 2.45) is 0 Å². The molecule has 142 valence electrons. The molecule has 0 saturated heterocycles. The van der Waals surface area contributed by atoms with E-state index in [-0.39, 0.29) is 0 Å². The number of nitrogens with zero attached hydrogens (tertiary/aromatic N) is 4. The first-order valence-electron chi connectivity index (χ1n) is 8.65. The van der Waals surface area contributed by atoms with Gasteiger partial charge in [-0.15, -0.1) is 0 Å². The number of nitrogens with one attached hydrogen (secondary N) is 1. The number of rotatable bonds is 5. The lowest BCUT2D eigenvalue weighted by molar-refractivity contribution is 0.452. The summed E-state index contributed by atoms with van der Waals surface area (Å²) >= 11 is 3.43. The highest BCUT2D eigenvalue weighted by molar-refractivity contribution is 9.10. The zero-order chi connectivity index (χ0) is 20.8. The maximum absolute atomic E-state index is 8.89. The Bertz CT molecular complexity index is 1130. The molecule has 1 N–H and O–H groups in total. The van der Waals surface area contributed by atoms with Crippen LogP contribution in [0.1, 0.15) is 22.3 Å². The molecule has 0 aliphatic rings. The molecule has 0 atom stereocenters. The average molecular weight is 446 g/mol. The van der Waals surface area contributed by atoms with Crippen LogP contribution in [-0.2, 0) is 0 Å². The summed E-state index contributed by atoms with van der Waals surface area (Å²) in [6.45, 7) is 3.88. The highest BCUT2D eigenvalue weighted by atomic mass is 79.9. The summed E-state index contributed by atoms with van der Waals surface area (Å²) in [5.74, 6) is 1.45. The summed E-state index contributed by atoms with van der Waals surface area (Å²) in [5, 5.41) is 20.7. The van der Waals surface area contributed by atoms with Crippen LogP contribution in [0, 0.1) is 36.5 Å². The van der Waals surface area contributed by atoms with Crippen LogP contribution in [0.25, 0.3) is 6.08 Å². The number of hydrogen-bond donors (Lipinski definition) is 1. The number of anilines is 2. The van der Waals surface area contributed by atoms with Gasteiger partial charge < -0.3 is 10.1 Å². The van der Waals surface area contributed by atoms with Crippen LogP contribution in [0.15, 0.2) is 53.1 Å². The van der Waals surface area contributed by atoms with E-state index >= 15 is 0 Å². The average Bonchev–Trinajstić information content (AvgIpc) is 2.72. The molecule has 0 fully saturated rings. The Morgan fingerprint density at radius 2 is 1.79 bits per heavy atom. The van der Waals surface area contributed by atoms with Crippen molar-refractivity contribution in [2.45, 2.75) is 13.8 Å². The van der Waals surface area contributed by atoms with Gasteiger partial charge in [-0.1, -0.05) is 0 Å². The Kier molecular flexibility index (Phi) is 6.23. The first-order chi connectivity index (χ1) is 14.0. The van der Waals surface area contributed by atoms with Crippen LogP contribution in [0.5, 0.6) is 11.6 Å². The summed E-state index contributed by atoms with van der Waals surface area (Å²) in [6, 6.07) is 15.0. The van der Waals surface area contributed by atoms with Gasteiger partial charge in [-0.3, -0.25) is 0 Å². The summed E-state index contributed by atoms with van der Waals surface area (Å²) in [4.78, 5) is 8.70. The van der Waals surface area contributed by atoms with Crippen molar-refractivity contribution in [3.05, 3.63) is 75.4 Å². The van der Waals surface area contributed by atoms with Crippen molar-refractivity contribution in [1.82, 2.24) is 9.97 Å². The fourth-order valence-corrected chi connectivity index (χ4v) is 2.98. The van der Waals surface area contributed by atoms with Gasteiger partial charge in [0.15, 0.2) is 0 Å². The number of halogens is 1. The summed E-state index contributed by atoms with van der Waals surface area (Å²) in [5.41, 5.74) is 4.12. The van der Waals surface area contributed by atoms with E-state index in [0.29, 0.717) is 27.6 Å². The Hall–Kier alpha value is -3.68. The molecule has 1 aromatic heterocycles. The van der Waals surface area contributed by atoms with E-state index in [2.05, 4.69) is 37.3 Å². The van der Waals surface area contributed by atoms with Crippen LogP contribution in [0.2, 0.25) is 0 Å². The minimum Gasteiger partial charge on any atom is -0.437 e. The Labute approximate surface area is 177 Å². The van der Waals surface area contributed by atoms with Gasteiger partial charge >= 0.3 is 0 Å². The molecule has 29 heavy (non-hydrogen) atoms. The van der Waals surface area contributed by atoms with Gasteiger partial charge in [0.1, 0.15) is 5.75 Å². The number of allylic oxidation sites excluding steroid dienone is 1. The second-order valence-corrected chi connectivity index (χ2v) is 7.06. The van der Waals surface area contributed by atoms with Gasteiger partial charge in [-0.2, -0.15) is 15.5 Å². The van der Waals surface area contributed by atoms with E-state index in [1.54, 1.807) is 36.5 Å². The molecule has 2 aromatic carbocycles. The number of aryl methyl sites for hydroxylation is 2. The first-order valence-corrected chi connectivity index (χ1v) is 9.44. The third-order valence-corrected chi connectivity index (χ3v) is 4.56. The molecule has 0 unspecified atom stereocenters. The highest BCUT2D eigenvalue weighted by Crippen LogP contribution is 2.33. The first kappa shape index (κ1) is 20.1. The van der Waals surface area contributed by atoms with Crippen molar-refractivity contribution in [3.63, 3.8) is 0 Å². The van der Waals surface area contributed by atoms with Crippen molar-refractivity contribution in [1.29, 1.82) is 10.5 Å². The van der Waals surface area contributed by atoms with Crippen molar-refractivity contribution in [2.75, 3.05) is 5.32 Å². The Morgan fingerprint density at radius 3 is 2.41 bits per heavy atom. The van der Waals surface area contributed by atoms with Gasteiger partial charge in [0.2, 0.25) is 11.8 Å². The number of benzene rings is 2. The molecule has 3 aromatic rings. The quantitative estimate of drug-likeness (QED) is 0.498. The number of nitriles is 2. The maximum atomic E-state index is 8.89. The van der Waals surface area contributed by atoms with E-state index < -0.39 is 0 Å². The second-order valence-electron chi connectivity index (χ2n) is 6.21. The van der Waals surface area contributed by atoms with E-state index in [1.807, 2.05) is 32.0 Å². The zero-order valence-corrected chi connectivity index (χ0v) is 17.4. The maximum Gasteiger partial charge on any atom is 0.238 e. The van der Waals surface area contributed by atoms with E-state index in [4.69, 9.17) is 15.3 Å². The molecule has 0 aliphatic heterocycles. The molecule has 0 saturated carbocycles. The van der Waals surface area contributed by atoms with Crippen LogP contribution < -0.4 is 10.1 Å². The minimum absolute atomic E-state index is 0.372. The van der Waals surface area contributed by atoms with Gasteiger partial charge in [-0.05, 0) is 88.9 Å². The normalized spacial score (nSPS) is 10.4. The molecule has 6 nitrogen and oxygen atoms in total. The second kappa shape index (κ2) is 9.01. The topological polar surface area (TPSA) is 94.6 Å². The minimum atomic E-state index is 0.372. The summed E-state index contributed by atoms with van der Waals surface area (Å²) < 4.78 is 6.70. The van der Waals surface area contributed by atoms with Gasteiger partial charge in [0.25, 0.3) is 0 Å². The molecule has 0 radical (unpaired) electrons. The lowest BCUT2D eigenvalue weighted by Crippen LogP contribution is -2.01. The molecular weight excluding hydrogens is 430 g/mol. The number of ether oxygens (including phenoxy) is 1. The number of aromatic nitrogens is 2. The third kappa shape index (κ3) is 4.98. The molecule has 1 heterocycles. The van der Waals surface area contributed by atoms with Gasteiger partial charge in [0, 0.05) is 11.8 Å². The van der Waals surface area contributed by atoms with Gasteiger partial charge in [0.05, 0.1) is 28.4 Å². The predicted molar refractivity (Wildman–Crippen MR) is 115 cm³/mol. The van der Waals surface area contributed by atoms with E-state index in [1.165, 1.54) is 6.08 Å². The molecule has 7 heteroatoms. The third-order valence-electron chi connectivity index (χ3n) is 4.01. The Morgan fingerprint density at radius 1 is 1.10 bits per heavy atom. The molecule has 0 spiro atoms. The van der Waals surface area contributed by atoms with E-state index in [0.717, 1.165) is 22.4 Å². The van der Waals surface area contributed by atoms with Gasteiger partial charge in [-0.25, -0.2) is 4.98 Å². The fraction of sp³-hybridized carbons (Fsp3) is 0.0909. The van der Waals surface area contributed by atoms with Crippen LogP contribution >= 0.6 is 15.9 Å². The van der Waals surface area contributed by atoms with E-state index in [9.17, 15) is 0 Å². The molecule has 0 amide bonds. The van der Waals surface area contributed by atoms with Crippen molar-refractivity contribution < 1.29 is 4.74 Å². The summed E-state index contributed by atoms with van der Waals surface area (Å²) in [7, 11) is 0. The molecule has 0 aliphatic carbocycles. The van der Waals surface area contributed by atoms with Crippen LogP contribution in [0.3, 0.4) is 0 Å². The number of hydrogen-bond acceptors (Lipinski definition) is 6. The molecular formula is C22H16BrN5O. The summed E-state index contributed by atoms with van der Waals surface area (Å²) in [6.07, 6.45) is 4.81.